The molecule has 0 aliphatic rings. The van der Waals surface area contributed by atoms with Gasteiger partial charge in [-0.25, -0.2) is 0 Å². The Balaban J connectivity index is 1.35. The number of amides is 1. The van der Waals surface area contributed by atoms with Crippen LogP contribution < -0.4 is 5.32 Å². The number of rotatable bonds is 9. The average molecular weight is 407 g/mol. The molecule has 6 nitrogen and oxygen atoms in total. The van der Waals surface area contributed by atoms with Crippen LogP contribution in [0.2, 0.25) is 0 Å². The van der Waals surface area contributed by atoms with Crippen LogP contribution in [0.25, 0.3) is 11.5 Å². The molecular formula is C22H22N4O2S. The van der Waals surface area contributed by atoms with Crippen LogP contribution in [0.5, 0.6) is 0 Å². The maximum Gasteiger partial charge on any atom is 0.247 e. The number of carbonyl (C=O) groups is 1. The zero-order chi connectivity index (χ0) is 20.5. The first-order chi connectivity index (χ1) is 14.2. The highest BCUT2D eigenvalue weighted by molar-refractivity contribution is 7.98. The van der Waals surface area contributed by atoms with Gasteiger partial charge in [0.1, 0.15) is 0 Å². The zero-order valence-electron chi connectivity index (χ0n) is 16.2. The van der Waals surface area contributed by atoms with Crippen molar-refractivity contribution in [1.82, 2.24) is 15.5 Å². The van der Waals surface area contributed by atoms with Gasteiger partial charge >= 0.3 is 0 Å². The molecule has 0 radical (unpaired) electrons. The monoisotopic (exact) mass is 406 g/mol. The first-order valence-electron chi connectivity index (χ1n) is 9.37. The SMILES string of the molecule is Cc1ccc(-c2nnc(CCC(=O)NCCSCc3ccccc3C#N)o2)cc1. The first kappa shape index (κ1) is 20.6. The Kier molecular flexibility index (Phi) is 7.42. The first-order valence-corrected chi connectivity index (χ1v) is 10.5. The summed E-state index contributed by atoms with van der Waals surface area (Å²) >= 11 is 1.69. The van der Waals surface area contributed by atoms with Gasteiger partial charge in [-0.2, -0.15) is 17.0 Å². The third-order valence-corrected chi connectivity index (χ3v) is 5.30. The van der Waals surface area contributed by atoms with Crippen LogP contribution in [0.3, 0.4) is 0 Å². The van der Waals surface area contributed by atoms with Gasteiger partial charge in [-0.3, -0.25) is 4.79 Å². The topological polar surface area (TPSA) is 91.8 Å². The molecule has 1 N–H and O–H groups in total. The molecule has 1 aromatic heterocycles. The minimum atomic E-state index is -0.0434. The van der Waals surface area contributed by atoms with E-state index in [1.165, 1.54) is 0 Å². The van der Waals surface area contributed by atoms with E-state index in [4.69, 9.17) is 9.68 Å². The molecule has 0 fully saturated rings. The lowest BCUT2D eigenvalue weighted by Crippen LogP contribution is -2.26. The lowest BCUT2D eigenvalue weighted by molar-refractivity contribution is -0.121. The molecule has 0 saturated carbocycles. The number of benzene rings is 2. The van der Waals surface area contributed by atoms with Gasteiger partial charge in [-0.05, 0) is 30.7 Å². The van der Waals surface area contributed by atoms with Gasteiger partial charge in [0, 0.05) is 36.5 Å². The number of hydrogen-bond acceptors (Lipinski definition) is 6. The van der Waals surface area contributed by atoms with Crippen LogP contribution >= 0.6 is 11.8 Å². The highest BCUT2D eigenvalue weighted by atomic mass is 32.2. The Morgan fingerprint density at radius 3 is 2.76 bits per heavy atom. The molecule has 3 aromatic rings. The van der Waals surface area contributed by atoms with Gasteiger partial charge in [-0.15, -0.1) is 10.2 Å². The molecule has 0 spiro atoms. The second kappa shape index (κ2) is 10.4. The van der Waals surface area contributed by atoms with Crippen molar-refractivity contribution in [3.8, 4) is 17.5 Å². The molecule has 7 heteroatoms. The van der Waals surface area contributed by atoms with E-state index in [1.807, 2.05) is 55.5 Å². The molecule has 1 heterocycles. The van der Waals surface area contributed by atoms with Crippen LogP contribution in [0, 0.1) is 18.3 Å². The Morgan fingerprint density at radius 1 is 1.17 bits per heavy atom. The number of aryl methyl sites for hydroxylation is 2. The molecule has 0 aliphatic carbocycles. The predicted octanol–water partition coefficient (Wildman–Crippen LogP) is 3.90. The summed E-state index contributed by atoms with van der Waals surface area (Å²) in [5, 5.41) is 20.1. The molecular weight excluding hydrogens is 384 g/mol. The summed E-state index contributed by atoms with van der Waals surface area (Å²) < 4.78 is 5.64. The molecule has 0 unspecified atom stereocenters. The molecule has 0 bridgehead atoms. The van der Waals surface area contributed by atoms with Crippen molar-refractivity contribution in [3.63, 3.8) is 0 Å². The summed E-state index contributed by atoms with van der Waals surface area (Å²) in [7, 11) is 0. The van der Waals surface area contributed by atoms with Gasteiger partial charge in [0.2, 0.25) is 17.7 Å². The quantitative estimate of drug-likeness (QED) is 0.542. The smallest absolute Gasteiger partial charge is 0.247 e. The number of carbonyl (C=O) groups excluding carboxylic acids is 1. The Labute approximate surface area is 174 Å². The third kappa shape index (κ3) is 6.19. The number of thioether (sulfide) groups is 1. The van der Waals surface area contributed by atoms with Crippen molar-refractivity contribution >= 4 is 17.7 Å². The summed E-state index contributed by atoms with van der Waals surface area (Å²) in [6.07, 6.45) is 0.713. The molecule has 2 aromatic carbocycles. The van der Waals surface area contributed by atoms with Crippen LogP contribution in [-0.4, -0.2) is 28.4 Å². The molecule has 0 atom stereocenters. The van der Waals surface area contributed by atoms with Crippen LogP contribution in [0.1, 0.15) is 29.0 Å². The van der Waals surface area contributed by atoms with Gasteiger partial charge in [0.15, 0.2) is 0 Å². The van der Waals surface area contributed by atoms with Crippen molar-refractivity contribution in [2.75, 3.05) is 12.3 Å². The predicted molar refractivity (Wildman–Crippen MR) is 113 cm³/mol. The molecule has 1 amide bonds. The Morgan fingerprint density at radius 2 is 1.97 bits per heavy atom. The van der Waals surface area contributed by atoms with Crippen molar-refractivity contribution in [1.29, 1.82) is 5.26 Å². The fraction of sp³-hybridized carbons (Fsp3) is 0.273. The standard InChI is InChI=1S/C22H22N4O2S/c1-16-6-8-17(9-7-16)22-26-25-21(28-22)11-10-20(27)24-12-13-29-15-19-5-3-2-4-18(19)14-23/h2-9H,10-13,15H2,1H3,(H,24,27). The van der Waals surface area contributed by atoms with Crippen molar-refractivity contribution in [3.05, 3.63) is 71.1 Å². The number of nitriles is 1. The summed E-state index contributed by atoms with van der Waals surface area (Å²) in [5.41, 5.74) is 3.76. The Bertz CT molecular complexity index is 993. The normalized spacial score (nSPS) is 10.5. The van der Waals surface area contributed by atoms with Crippen molar-refractivity contribution in [2.24, 2.45) is 0 Å². The summed E-state index contributed by atoms with van der Waals surface area (Å²) in [4.78, 5) is 12.0. The number of nitrogens with zero attached hydrogens (tertiary/aromatic N) is 3. The third-order valence-electron chi connectivity index (χ3n) is 4.30. The minimum absolute atomic E-state index is 0.0434. The number of aromatic nitrogens is 2. The molecule has 0 saturated heterocycles. The van der Waals surface area contributed by atoms with Crippen molar-refractivity contribution < 1.29 is 9.21 Å². The summed E-state index contributed by atoms with van der Waals surface area (Å²) in [6.45, 7) is 2.60. The highest BCUT2D eigenvalue weighted by Gasteiger charge is 2.10. The zero-order valence-corrected chi connectivity index (χ0v) is 17.0. The summed E-state index contributed by atoms with van der Waals surface area (Å²) in [5.74, 6) is 2.42. The largest absolute Gasteiger partial charge is 0.421 e. The van der Waals surface area contributed by atoms with E-state index >= 15 is 0 Å². The number of nitrogens with one attached hydrogen (secondary N) is 1. The molecule has 0 aliphatic heterocycles. The van der Waals surface area contributed by atoms with E-state index in [2.05, 4.69) is 21.6 Å². The highest BCUT2D eigenvalue weighted by Crippen LogP contribution is 2.19. The van der Waals surface area contributed by atoms with E-state index < -0.39 is 0 Å². The van der Waals surface area contributed by atoms with Gasteiger partial charge in [0.05, 0.1) is 11.6 Å². The second-order valence-corrected chi connectivity index (χ2v) is 7.64. The van der Waals surface area contributed by atoms with Gasteiger partial charge in [0.25, 0.3) is 0 Å². The molecule has 148 valence electrons. The van der Waals surface area contributed by atoms with Crippen LogP contribution in [-0.2, 0) is 17.0 Å². The lowest BCUT2D eigenvalue weighted by Gasteiger charge is -2.05. The van der Waals surface area contributed by atoms with Crippen LogP contribution in [0.15, 0.2) is 52.9 Å². The molecule has 29 heavy (non-hydrogen) atoms. The maximum absolute atomic E-state index is 12.0. The van der Waals surface area contributed by atoms with Crippen molar-refractivity contribution in [2.45, 2.75) is 25.5 Å². The van der Waals surface area contributed by atoms with E-state index in [9.17, 15) is 4.79 Å². The summed E-state index contributed by atoms with van der Waals surface area (Å²) in [6, 6.07) is 17.6. The van der Waals surface area contributed by atoms with Gasteiger partial charge in [-0.1, -0.05) is 35.9 Å². The van der Waals surface area contributed by atoms with Crippen LogP contribution in [0.4, 0.5) is 0 Å². The molecule has 3 rings (SSSR count). The maximum atomic E-state index is 12.0. The van der Waals surface area contributed by atoms with E-state index in [-0.39, 0.29) is 5.91 Å². The number of hydrogen-bond donors (Lipinski definition) is 1. The fourth-order valence-electron chi connectivity index (χ4n) is 2.68. The van der Waals surface area contributed by atoms with E-state index in [1.54, 1.807) is 11.8 Å². The van der Waals surface area contributed by atoms with E-state index in [0.717, 1.165) is 28.2 Å². The van der Waals surface area contributed by atoms with Gasteiger partial charge < -0.3 is 9.73 Å². The second-order valence-electron chi connectivity index (χ2n) is 6.54. The van der Waals surface area contributed by atoms with E-state index in [0.29, 0.717) is 36.7 Å². The minimum Gasteiger partial charge on any atom is -0.421 e. The Hall–Kier alpha value is -3.11. The fourth-order valence-corrected chi connectivity index (χ4v) is 3.54. The lowest BCUT2D eigenvalue weighted by atomic mass is 10.1. The average Bonchev–Trinajstić information content (AvgIpc) is 3.22.